The number of benzene rings is 1. The standard InChI is InChI=1S/C17H24N4O2/c1-3-4-9-18-17(23)19-16-12-15(20-21(16)10-11-22)14-8-6-5-7-13(14)2/h5-8,12,22H,3-4,9-11H2,1-2H3,(H2,18,19,23). The van der Waals surface area contributed by atoms with E-state index in [1.54, 1.807) is 4.68 Å². The van der Waals surface area contributed by atoms with E-state index in [1.807, 2.05) is 37.3 Å². The highest BCUT2D eigenvalue weighted by atomic mass is 16.3. The molecule has 0 unspecified atom stereocenters. The molecule has 0 aliphatic rings. The van der Waals surface area contributed by atoms with Crippen molar-refractivity contribution in [2.75, 3.05) is 18.5 Å². The highest BCUT2D eigenvalue weighted by Gasteiger charge is 2.13. The van der Waals surface area contributed by atoms with Crippen molar-refractivity contribution >= 4 is 11.8 Å². The maximum absolute atomic E-state index is 11.9. The zero-order valence-electron chi connectivity index (χ0n) is 13.7. The van der Waals surface area contributed by atoms with Crippen LogP contribution in [-0.4, -0.2) is 34.1 Å². The number of nitrogens with zero attached hydrogens (tertiary/aromatic N) is 2. The smallest absolute Gasteiger partial charge is 0.320 e. The summed E-state index contributed by atoms with van der Waals surface area (Å²) in [5.74, 6) is 0.575. The average Bonchev–Trinajstić information content (AvgIpc) is 2.91. The van der Waals surface area contributed by atoms with Crippen molar-refractivity contribution < 1.29 is 9.90 Å². The Bertz CT molecular complexity index is 652. The minimum absolute atomic E-state index is 0.0406. The molecular weight excluding hydrogens is 292 g/mol. The van der Waals surface area contributed by atoms with Crippen LogP contribution >= 0.6 is 0 Å². The van der Waals surface area contributed by atoms with E-state index in [0.29, 0.717) is 18.9 Å². The van der Waals surface area contributed by atoms with Gasteiger partial charge < -0.3 is 10.4 Å². The van der Waals surface area contributed by atoms with Crippen molar-refractivity contribution in [3.8, 4) is 11.3 Å². The molecule has 6 heteroatoms. The predicted octanol–water partition coefficient (Wildman–Crippen LogP) is 2.77. The number of hydrogen-bond donors (Lipinski definition) is 3. The van der Waals surface area contributed by atoms with Crippen LogP contribution in [0, 0.1) is 6.92 Å². The third-order valence-electron chi connectivity index (χ3n) is 3.57. The lowest BCUT2D eigenvalue weighted by Gasteiger charge is -2.08. The fraction of sp³-hybridized carbons (Fsp3) is 0.412. The summed E-state index contributed by atoms with van der Waals surface area (Å²) < 4.78 is 1.61. The van der Waals surface area contributed by atoms with E-state index in [9.17, 15) is 9.90 Å². The molecule has 0 spiro atoms. The molecule has 0 aliphatic heterocycles. The Morgan fingerprint density at radius 2 is 2.13 bits per heavy atom. The first-order valence-electron chi connectivity index (χ1n) is 7.95. The van der Waals surface area contributed by atoms with E-state index in [1.165, 1.54) is 0 Å². The fourth-order valence-corrected chi connectivity index (χ4v) is 2.31. The molecule has 0 aliphatic carbocycles. The van der Waals surface area contributed by atoms with Crippen LogP contribution in [0.1, 0.15) is 25.3 Å². The molecule has 1 aromatic carbocycles. The SMILES string of the molecule is CCCCNC(=O)Nc1cc(-c2ccccc2C)nn1CCO. The number of nitrogens with one attached hydrogen (secondary N) is 2. The van der Waals surface area contributed by atoms with Gasteiger partial charge in [-0.1, -0.05) is 37.6 Å². The van der Waals surface area contributed by atoms with Crippen molar-refractivity contribution in [3.63, 3.8) is 0 Å². The van der Waals surface area contributed by atoms with Crippen LogP contribution in [0.5, 0.6) is 0 Å². The molecule has 3 N–H and O–H groups in total. The van der Waals surface area contributed by atoms with Crippen molar-refractivity contribution in [1.82, 2.24) is 15.1 Å². The molecule has 0 saturated carbocycles. The number of aliphatic hydroxyl groups excluding tert-OH is 1. The molecular formula is C17H24N4O2. The summed E-state index contributed by atoms with van der Waals surface area (Å²) in [5.41, 5.74) is 2.90. The largest absolute Gasteiger partial charge is 0.394 e. The third-order valence-corrected chi connectivity index (χ3v) is 3.57. The number of urea groups is 1. The molecule has 2 rings (SSSR count). The minimum Gasteiger partial charge on any atom is -0.394 e. The number of carbonyl (C=O) groups excluding carboxylic acids is 1. The lowest BCUT2D eigenvalue weighted by molar-refractivity contribution is 0.251. The predicted molar refractivity (Wildman–Crippen MR) is 91.4 cm³/mol. The second-order valence-corrected chi connectivity index (χ2v) is 5.41. The third kappa shape index (κ3) is 4.56. The zero-order chi connectivity index (χ0) is 16.7. The van der Waals surface area contributed by atoms with Gasteiger partial charge in [-0.15, -0.1) is 0 Å². The Balaban J connectivity index is 2.18. The summed E-state index contributed by atoms with van der Waals surface area (Å²) in [6.07, 6.45) is 1.97. The molecule has 0 saturated heterocycles. The first kappa shape index (κ1) is 17.0. The number of aliphatic hydroxyl groups is 1. The van der Waals surface area contributed by atoms with Gasteiger partial charge in [-0.25, -0.2) is 9.48 Å². The summed E-state index contributed by atoms with van der Waals surface area (Å²) in [5, 5.41) is 19.3. The van der Waals surface area contributed by atoms with Gasteiger partial charge in [0.25, 0.3) is 0 Å². The Kier molecular flexibility index (Phi) is 6.17. The molecule has 23 heavy (non-hydrogen) atoms. The topological polar surface area (TPSA) is 79.2 Å². The summed E-state index contributed by atoms with van der Waals surface area (Å²) in [4.78, 5) is 11.9. The van der Waals surface area contributed by atoms with Gasteiger partial charge in [0.05, 0.1) is 18.8 Å². The fourth-order valence-electron chi connectivity index (χ4n) is 2.31. The minimum atomic E-state index is -0.256. The van der Waals surface area contributed by atoms with Crippen LogP contribution in [0.3, 0.4) is 0 Å². The van der Waals surface area contributed by atoms with E-state index >= 15 is 0 Å². The highest BCUT2D eigenvalue weighted by Crippen LogP contribution is 2.24. The number of unbranched alkanes of at least 4 members (excludes halogenated alkanes) is 1. The van der Waals surface area contributed by atoms with Crippen LogP contribution < -0.4 is 10.6 Å². The normalized spacial score (nSPS) is 10.6. The molecule has 0 radical (unpaired) electrons. The van der Waals surface area contributed by atoms with Gasteiger partial charge in [0.15, 0.2) is 0 Å². The molecule has 1 heterocycles. The monoisotopic (exact) mass is 316 g/mol. The van der Waals surface area contributed by atoms with Crippen LogP contribution in [0.15, 0.2) is 30.3 Å². The maximum Gasteiger partial charge on any atom is 0.320 e. The van der Waals surface area contributed by atoms with E-state index in [4.69, 9.17) is 0 Å². The molecule has 1 aromatic heterocycles. The molecule has 6 nitrogen and oxygen atoms in total. The maximum atomic E-state index is 11.9. The number of carbonyl (C=O) groups is 1. The van der Waals surface area contributed by atoms with Crippen LogP contribution in [0.2, 0.25) is 0 Å². The average molecular weight is 316 g/mol. The number of aromatic nitrogens is 2. The first-order valence-corrected chi connectivity index (χ1v) is 7.95. The van der Waals surface area contributed by atoms with Gasteiger partial charge in [-0.3, -0.25) is 5.32 Å². The highest BCUT2D eigenvalue weighted by molar-refractivity contribution is 5.89. The van der Waals surface area contributed by atoms with Crippen molar-refractivity contribution in [2.24, 2.45) is 0 Å². The Morgan fingerprint density at radius 3 is 2.83 bits per heavy atom. The zero-order valence-corrected chi connectivity index (χ0v) is 13.7. The Labute approximate surface area is 136 Å². The summed E-state index contributed by atoms with van der Waals surface area (Å²) in [6, 6.07) is 9.52. The lowest BCUT2D eigenvalue weighted by atomic mass is 10.1. The van der Waals surface area contributed by atoms with Crippen molar-refractivity contribution in [2.45, 2.75) is 33.2 Å². The van der Waals surface area contributed by atoms with Crippen molar-refractivity contribution in [1.29, 1.82) is 0 Å². The molecule has 124 valence electrons. The second kappa shape index (κ2) is 8.33. The van der Waals surface area contributed by atoms with E-state index in [-0.39, 0.29) is 12.6 Å². The number of aryl methyl sites for hydroxylation is 1. The number of amides is 2. The van der Waals surface area contributed by atoms with Gasteiger partial charge in [0.2, 0.25) is 0 Å². The Hall–Kier alpha value is -2.34. The van der Waals surface area contributed by atoms with Gasteiger partial charge in [-0.2, -0.15) is 5.10 Å². The summed E-state index contributed by atoms with van der Waals surface area (Å²) in [7, 11) is 0. The van der Waals surface area contributed by atoms with E-state index in [2.05, 4.69) is 22.7 Å². The molecule has 2 amide bonds. The summed E-state index contributed by atoms with van der Waals surface area (Å²) in [6.45, 7) is 5.02. The number of hydrogen-bond acceptors (Lipinski definition) is 3. The van der Waals surface area contributed by atoms with Gasteiger partial charge in [0, 0.05) is 18.2 Å². The van der Waals surface area contributed by atoms with Crippen molar-refractivity contribution in [3.05, 3.63) is 35.9 Å². The lowest BCUT2D eigenvalue weighted by Crippen LogP contribution is -2.30. The molecule has 0 fully saturated rings. The van der Waals surface area contributed by atoms with Crippen LogP contribution in [-0.2, 0) is 6.54 Å². The molecule has 0 atom stereocenters. The van der Waals surface area contributed by atoms with Crippen LogP contribution in [0.25, 0.3) is 11.3 Å². The van der Waals surface area contributed by atoms with Gasteiger partial charge in [-0.05, 0) is 18.9 Å². The van der Waals surface area contributed by atoms with E-state index < -0.39 is 0 Å². The van der Waals surface area contributed by atoms with Gasteiger partial charge in [0.1, 0.15) is 5.82 Å². The Morgan fingerprint density at radius 1 is 1.35 bits per heavy atom. The quantitative estimate of drug-likeness (QED) is 0.687. The first-order chi connectivity index (χ1) is 11.2. The second-order valence-electron chi connectivity index (χ2n) is 5.41. The van der Waals surface area contributed by atoms with Crippen LogP contribution in [0.4, 0.5) is 10.6 Å². The van der Waals surface area contributed by atoms with Gasteiger partial charge >= 0.3 is 6.03 Å². The molecule has 2 aromatic rings. The number of rotatable bonds is 7. The molecule has 0 bridgehead atoms. The van der Waals surface area contributed by atoms with E-state index in [0.717, 1.165) is 29.7 Å². The summed E-state index contributed by atoms with van der Waals surface area (Å²) >= 11 is 0. The number of anilines is 1.